The van der Waals surface area contributed by atoms with Crippen molar-refractivity contribution in [3.63, 3.8) is 0 Å². The van der Waals surface area contributed by atoms with Gasteiger partial charge in [0.1, 0.15) is 0 Å². The minimum Gasteiger partial charge on any atom is -0.329 e. The van der Waals surface area contributed by atoms with Crippen molar-refractivity contribution in [3.05, 3.63) is 0 Å². The fourth-order valence-corrected chi connectivity index (χ4v) is 3.56. The lowest BCUT2D eigenvalue weighted by Gasteiger charge is -2.56. The summed E-state index contributed by atoms with van der Waals surface area (Å²) < 4.78 is 0. The minimum atomic E-state index is 0.388. The summed E-state index contributed by atoms with van der Waals surface area (Å²) in [6, 6.07) is 0.764. The summed E-state index contributed by atoms with van der Waals surface area (Å²) in [4.78, 5) is 2.70. The molecular weight excluding hydrogens is 172 g/mol. The second-order valence-electron chi connectivity index (χ2n) is 5.48. The zero-order valence-electron chi connectivity index (χ0n) is 9.63. The lowest BCUT2D eigenvalue weighted by Crippen LogP contribution is -2.64. The predicted octanol–water partition coefficient (Wildman–Crippen LogP) is 1.99. The standard InChI is InChI=1S/C12H24N2/c1-10-7-12(8-10,9-13)14-6-4-3-5-11(14)2/h10-11H,3-9,13H2,1-2H3. The van der Waals surface area contributed by atoms with E-state index in [0.717, 1.165) is 18.5 Å². The van der Waals surface area contributed by atoms with E-state index >= 15 is 0 Å². The molecule has 1 unspecified atom stereocenters. The molecule has 0 aromatic rings. The van der Waals surface area contributed by atoms with Crippen LogP contribution in [0.4, 0.5) is 0 Å². The first-order valence-corrected chi connectivity index (χ1v) is 6.15. The third-order valence-electron chi connectivity index (χ3n) is 4.25. The van der Waals surface area contributed by atoms with Crippen molar-refractivity contribution in [1.29, 1.82) is 0 Å². The van der Waals surface area contributed by atoms with Crippen LogP contribution < -0.4 is 5.73 Å². The maximum absolute atomic E-state index is 5.98. The number of rotatable bonds is 2. The minimum absolute atomic E-state index is 0.388. The van der Waals surface area contributed by atoms with E-state index in [4.69, 9.17) is 5.73 Å². The molecule has 1 saturated carbocycles. The van der Waals surface area contributed by atoms with Gasteiger partial charge in [-0.25, -0.2) is 0 Å². The largest absolute Gasteiger partial charge is 0.329 e. The SMILES string of the molecule is CC1CC(CN)(N2CCCCC2C)C1. The molecule has 2 nitrogen and oxygen atoms in total. The Morgan fingerprint density at radius 3 is 2.50 bits per heavy atom. The lowest BCUT2D eigenvalue weighted by molar-refractivity contribution is -0.0508. The Balaban J connectivity index is 2.03. The summed E-state index contributed by atoms with van der Waals surface area (Å²) in [5, 5.41) is 0. The van der Waals surface area contributed by atoms with Gasteiger partial charge in [0.05, 0.1) is 0 Å². The van der Waals surface area contributed by atoms with Crippen LogP contribution in [-0.2, 0) is 0 Å². The van der Waals surface area contributed by atoms with Crippen molar-refractivity contribution in [2.24, 2.45) is 11.7 Å². The highest BCUT2D eigenvalue weighted by molar-refractivity contribution is 5.04. The highest BCUT2D eigenvalue weighted by atomic mass is 15.2. The first-order valence-electron chi connectivity index (χ1n) is 6.15. The fraction of sp³-hybridized carbons (Fsp3) is 1.00. The van der Waals surface area contributed by atoms with Gasteiger partial charge in [-0.05, 0) is 45.1 Å². The Labute approximate surface area is 87.8 Å². The molecule has 0 bridgehead atoms. The molecule has 0 aromatic carbocycles. The van der Waals surface area contributed by atoms with Crippen molar-refractivity contribution in [3.8, 4) is 0 Å². The van der Waals surface area contributed by atoms with E-state index in [2.05, 4.69) is 18.7 Å². The Kier molecular flexibility index (Phi) is 2.85. The Bertz CT molecular complexity index is 196. The van der Waals surface area contributed by atoms with E-state index in [1.54, 1.807) is 0 Å². The fourth-order valence-electron chi connectivity index (χ4n) is 3.56. The molecule has 2 aliphatic rings. The molecule has 2 rings (SSSR count). The van der Waals surface area contributed by atoms with Gasteiger partial charge in [0.25, 0.3) is 0 Å². The first-order chi connectivity index (χ1) is 6.68. The van der Waals surface area contributed by atoms with Gasteiger partial charge in [-0.3, -0.25) is 4.90 Å². The average Bonchev–Trinajstić information content (AvgIpc) is 2.14. The smallest absolute Gasteiger partial charge is 0.0339 e. The van der Waals surface area contributed by atoms with Gasteiger partial charge in [0, 0.05) is 18.1 Å². The highest BCUT2D eigenvalue weighted by Crippen LogP contribution is 2.44. The summed E-state index contributed by atoms with van der Waals surface area (Å²) >= 11 is 0. The molecule has 0 amide bonds. The number of hydrogen-bond donors (Lipinski definition) is 1. The van der Waals surface area contributed by atoms with Gasteiger partial charge in [0.2, 0.25) is 0 Å². The second-order valence-corrected chi connectivity index (χ2v) is 5.48. The average molecular weight is 196 g/mol. The topological polar surface area (TPSA) is 29.3 Å². The molecule has 0 aromatic heterocycles. The van der Waals surface area contributed by atoms with Crippen LogP contribution in [-0.4, -0.2) is 29.6 Å². The van der Waals surface area contributed by atoms with Crippen molar-refractivity contribution in [2.75, 3.05) is 13.1 Å². The Morgan fingerprint density at radius 1 is 1.29 bits per heavy atom. The molecule has 2 fully saturated rings. The van der Waals surface area contributed by atoms with Gasteiger partial charge < -0.3 is 5.73 Å². The highest BCUT2D eigenvalue weighted by Gasteiger charge is 2.47. The van der Waals surface area contributed by atoms with Crippen LogP contribution in [0, 0.1) is 5.92 Å². The molecule has 2 heteroatoms. The van der Waals surface area contributed by atoms with Crippen molar-refractivity contribution < 1.29 is 0 Å². The van der Waals surface area contributed by atoms with Crippen LogP contribution in [0.2, 0.25) is 0 Å². The van der Waals surface area contributed by atoms with Crippen LogP contribution in [0.15, 0.2) is 0 Å². The molecule has 0 radical (unpaired) electrons. The van der Waals surface area contributed by atoms with E-state index in [1.165, 1.54) is 38.6 Å². The summed E-state index contributed by atoms with van der Waals surface area (Å²) in [6.07, 6.45) is 6.81. The molecule has 14 heavy (non-hydrogen) atoms. The van der Waals surface area contributed by atoms with E-state index in [0.29, 0.717) is 5.54 Å². The molecule has 1 atom stereocenters. The first kappa shape index (κ1) is 10.4. The summed E-state index contributed by atoms with van der Waals surface area (Å²) in [7, 11) is 0. The predicted molar refractivity (Wildman–Crippen MR) is 60.2 cm³/mol. The molecular formula is C12H24N2. The maximum Gasteiger partial charge on any atom is 0.0339 e. The zero-order valence-corrected chi connectivity index (χ0v) is 9.63. The lowest BCUT2D eigenvalue weighted by atomic mass is 9.67. The normalized spacial score (nSPS) is 44.8. The monoisotopic (exact) mass is 196 g/mol. The molecule has 1 aliphatic carbocycles. The third kappa shape index (κ3) is 1.59. The van der Waals surface area contributed by atoms with Crippen molar-refractivity contribution in [1.82, 2.24) is 4.90 Å². The molecule has 82 valence electrons. The number of nitrogens with zero attached hydrogens (tertiary/aromatic N) is 1. The van der Waals surface area contributed by atoms with Gasteiger partial charge in [-0.1, -0.05) is 13.3 Å². The third-order valence-corrected chi connectivity index (χ3v) is 4.25. The second kappa shape index (κ2) is 3.82. The van der Waals surface area contributed by atoms with E-state index in [1.807, 2.05) is 0 Å². The maximum atomic E-state index is 5.98. The molecule has 1 heterocycles. The van der Waals surface area contributed by atoms with Crippen LogP contribution in [0.3, 0.4) is 0 Å². The van der Waals surface area contributed by atoms with Crippen molar-refractivity contribution in [2.45, 2.75) is 57.5 Å². The summed E-state index contributed by atoms with van der Waals surface area (Å²) in [6.45, 7) is 6.87. The molecule has 0 spiro atoms. The van der Waals surface area contributed by atoms with E-state index < -0.39 is 0 Å². The van der Waals surface area contributed by atoms with E-state index in [-0.39, 0.29) is 0 Å². The van der Waals surface area contributed by atoms with Gasteiger partial charge in [-0.15, -0.1) is 0 Å². The van der Waals surface area contributed by atoms with Crippen LogP contribution in [0.1, 0.15) is 46.0 Å². The zero-order chi connectivity index (χ0) is 10.2. The van der Waals surface area contributed by atoms with Crippen LogP contribution in [0.5, 0.6) is 0 Å². The molecule has 1 saturated heterocycles. The number of hydrogen-bond acceptors (Lipinski definition) is 2. The summed E-state index contributed by atoms with van der Waals surface area (Å²) in [5.74, 6) is 0.896. The number of nitrogens with two attached hydrogens (primary N) is 1. The number of piperidine rings is 1. The summed E-state index contributed by atoms with van der Waals surface area (Å²) in [5.41, 5.74) is 6.37. The van der Waals surface area contributed by atoms with Crippen molar-refractivity contribution >= 4 is 0 Å². The van der Waals surface area contributed by atoms with Gasteiger partial charge in [0.15, 0.2) is 0 Å². The van der Waals surface area contributed by atoms with Gasteiger partial charge >= 0.3 is 0 Å². The molecule has 2 N–H and O–H groups in total. The Hall–Kier alpha value is -0.0800. The van der Waals surface area contributed by atoms with Gasteiger partial charge in [-0.2, -0.15) is 0 Å². The Morgan fingerprint density at radius 2 is 2.00 bits per heavy atom. The van der Waals surface area contributed by atoms with Crippen LogP contribution in [0.25, 0.3) is 0 Å². The van der Waals surface area contributed by atoms with Crippen LogP contribution >= 0.6 is 0 Å². The van der Waals surface area contributed by atoms with E-state index in [9.17, 15) is 0 Å². The number of likely N-dealkylation sites (tertiary alicyclic amines) is 1. The molecule has 1 aliphatic heterocycles. The quantitative estimate of drug-likeness (QED) is 0.732.